The van der Waals surface area contributed by atoms with Gasteiger partial charge in [0.25, 0.3) is 0 Å². The summed E-state index contributed by atoms with van der Waals surface area (Å²) in [5, 5.41) is 0.252. The van der Waals surface area contributed by atoms with E-state index in [0.717, 1.165) is 0 Å². The maximum Gasteiger partial charge on any atom is 0.241 e. The number of benzene rings is 1. The molecule has 0 aliphatic carbocycles. The molecule has 0 spiro atoms. The molecule has 0 atom stereocenters. The molecule has 1 aromatic carbocycles. The van der Waals surface area contributed by atoms with Crippen LogP contribution in [-0.4, -0.2) is 27.6 Å². The van der Waals surface area contributed by atoms with Crippen molar-refractivity contribution < 1.29 is 13.2 Å². The molecule has 3 N–H and O–H groups in total. The third-order valence-corrected chi connectivity index (χ3v) is 5.40. The van der Waals surface area contributed by atoms with E-state index in [1.807, 2.05) is 13.8 Å². The van der Waals surface area contributed by atoms with Gasteiger partial charge in [-0.05, 0) is 31.0 Å². The number of hydrogen-bond acceptors (Lipinski definition) is 4. The van der Waals surface area contributed by atoms with Crippen molar-refractivity contribution >= 4 is 21.6 Å². The fraction of sp³-hybridized carbons (Fsp3) is 0.538. The molecule has 0 radical (unpaired) electrons. The van der Waals surface area contributed by atoms with Crippen molar-refractivity contribution in [2.24, 2.45) is 5.73 Å². The zero-order chi connectivity index (χ0) is 15.4. The number of nitrogens with two attached hydrogens (primary N) is 1. The molecule has 0 heterocycles. The number of rotatable bonds is 7. The van der Waals surface area contributed by atoms with Gasteiger partial charge < -0.3 is 10.5 Å². The smallest absolute Gasteiger partial charge is 0.241 e. The first kappa shape index (κ1) is 17.2. The maximum atomic E-state index is 12.4. The topological polar surface area (TPSA) is 81.4 Å². The lowest BCUT2D eigenvalue weighted by Gasteiger charge is -2.31. The summed E-state index contributed by atoms with van der Waals surface area (Å²) in [6, 6.07) is 4.36. The highest BCUT2D eigenvalue weighted by molar-refractivity contribution is 7.89. The highest BCUT2D eigenvalue weighted by atomic mass is 35.5. The number of ether oxygens (including phenoxy) is 1. The third-order valence-electron chi connectivity index (χ3n) is 3.53. The van der Waals surface area contributed by atoms with E-state index in [1.165, 1.54) is 25.3 Å². The number of methoxy groups -OCH3 is 1. The summed E-state index contributed by atoms with van der Waals surface area (Å²) in [7, 11) is -2.20. The number of halogens is 1. The summed E-state index contributed by atoms with van der Waals surface area (Å²) in [4.78, 5) is 0.100. The Hall–Kier alpha value is -0.820. The Balaban J connectivity index is 3.14. The van der Waals surface area contributed by atoms with Gasteiger partial charge in [-0.15, -0.1) is 0 Å². The second kappa shape index (κ2) is 6.76. The van der Waals surface area contributed by atoms with Crippen molar-refractivity contribution in [3.8, 4) is 5.75 Å². The van der Waals surface area contributed by atoms with Gasteiger partial charge in [-0.25, -0.2) is 13.1 Å². The van der Waals surface area contributed by atoms with Gasteiger partial charge in [0.05, 0.1) is 17.0 Å². The van der Waals surface area contributed by atoms with Gasteiger partial charge in [0, 0.05) is 12.1 Å². The molecule has 5 nitrogen and oxygen atoms in total. The van der Waals surface area contributed by atoms with Gasteiger partial charge >= 0.3 is 0 Å². The Morgan fingerprint density at radius 2 is 1.95 bits per heavy atom. The van der Waals surface area contributed by atoms with E-state index in [0.29, 0.717) is 18.6 Å². The number of nitrogens with one attached hydrogen (secondary N) is 1. The van der Waals surface area contributed by atoms with Crippen LogP contribution in [0.4, 0.5) is 0 Å². The predicted molar refractivity (Wildman–Crippen MR) is 80.7 cm³/mol. The summed E-state index contributed by atoms with van der Waals surface area (Å²) in [6.07, 6.45) is 1.23. The summed E-state index contributed by atoms with van der Waals surface area (Å²) >= 11 is 5.97. The van der Waals surface area contributed by atoms with E-state index < -0.39 is 15.6 Å². The largest absolute Gasteiger partial charge is 0.495 e. The van der Waals surface area contributed by atoms with Gasteiger partial charge in [-0.2, -0.15) is 0 Å². The lowest BCUT2D eigenvalue weighted by molar-refractivity contribution is 0.363. The second-order valence-electron chi connectivity index (χ2n) is 4.59. The second-order valence-corrected chi connectivity index (χ2v) is 6.68. The SMILES string of the molecule is CCC(CC)(CN)NS(=O)(=O)c1ccc(OC)c(Cl)c1. The standard InChI is InChI=1S/C13H21ClN2O3S/c1-4-13(5-2,9-15)16-20(17,18)10-6-7-12(19-3)11(14)8-10/h6-8,16H,4-5,9,15H2,1-3H3. The first-order valence-corrected chi connectivity index (χ1v) is 8.28. The molecule has 7 heteroatoms. The summed E-state index contributed by atoms with van der Waals surface area (Å²) in [5.41, 5.74) is 5.08. The average molecular weight is 321 g/mol. The molecule has 0 fully saturated rings. The van der Waals surface area contributed by atoms with Crippen LogP contribution in [0.15, 0.2) is 23.1 Å². The lowest BCUT2D eigenvalue weighted by atomic mass is 9.95. The molecule has 114 valence electrons. The van der Waals surface area contributed by atoms with Crippen molar-refractivity contribution in [1.82, 2.24) is 4.72 Å². The van der Waals surface area contributed by atoms with E-state index in [2.05, 4.69) is 4.72 Å². The van der Waals surface area contributed by atoms with E-state index in [-0.39, 0.29) is 16.5 Å². The van der Waals surface area contributed by atoms with E-state index >= 15 is 0 Å². The quantitative estimate of drug-likeness (QED) is 0.806. The maximum absolute atomic E-state index is 12.4. The fourth-order valence-corrected chi connectivity index (χ4v) is 3.79. The average Bonchev–Trinajstić information content (AvgIpc) is 2.44. The molecule has 0 amide bonds. The molecule has 0 unspecified atom stereocenters. The molecule has 20 heavy (non-hydrogen) atoms. The molecule has 1 aromatic rings. The number of hydrogen-bond donors (Lipinski definition) is 2. The molecular weight excluding hydrogens is 300 g/mol. The minimum atomic E-state index is -3.67. The molecule has 0 aromatic heterocycles. The molecular formula is C13H21ClN2O3S. The van der Waals surface area contributed by atoms with Crippen molar-refractivity contribution in [2.75, 3.05) is 13.7 Å². The van der Waals surface area contributed by atoms with Crippen molar-refractivity contribution in [3.05, 3.63) is 23.2 Å². The minimum Gasteiger partial charge on any atom is -0.495 e. The van der Waals surface area contributed by atoms with Gasteiger partial charge in [-0.3, -0.25) is 0 Å². The highest BCUT2D eigenvalue weighted by Gasteiger charge is 2.31. The van der Waals surface area contributed by atoms with Crippen LogP contribution in [0, 0.1) is 0 Å². The van der Waals surface area contributed by atoms with Gasteiger partial charge in [0.2, 0.25) is 10.0 Å². The van der Waals surface area contributed by atoms with Gasteiger partial charge in [0.15, 0.2) is 0 Å². The summed E-state index contributed by atoms with van der Waals surface area (Å²) in [5.74, 6) is 0.432. The molecule has 0 saturated heterocycles. The summed E-state index contributed by atoms with van der Waals surface area (Å²) < 4.78 is 32.5. The molecule has 0 saturated carbocycles. The van der Waals surface area contributed by atoms with E-state index in [4.69, 9.17) is 22.1 Å². The van der Waals surface area contributed by atoms with Crippen LogP contribution in [-0.2, 0) is 10.0 Å². The minimum absolute atomic E-state index is 0.100. The fourth-order valence-electron chi connectivity index (χ4n) is 1.88. The first-order chi connectivity index (χ1) is 9.34. The van der Waals surface area contributed by atoms with Gasteiger partial charge in [0.1, 0.15) is 5.75 Å². The Bertz CT molecular complexity index is 548. The Morgan fingerprint density at radius 3 is 2.35 bits per heavy atom. The lowest BCUT2D eigenvalue weighted by Crippen LogP contribution is -2.52. The molecule has 0 aliphatic heterocycles. The normalized spacial score (nSPS) is 12.4. The number of sulfonamides is 1. The highest BCUT2D eigenvalue weighted by Crippen LogP contribution is 2.28. The van der Waals surface area contributed by atoms with Crippen LogP contribution < -0.4 is 15.2 Å². The van der Waals surface area contributed by atoms with Gasteiger partial charge in [-0.1, -0.05) is 25.4 Å². The third kappa shape index (κ3) is 3.63. The van der Waals surface area contributed by atoms with Crippen LogP contribution in [0.25, 0.3) is 0 Å². The summed E-state index contributed by atoms with van der Waals surface area (Å²) in [6.45, 7) is 4.04. The van der Waals surface area contributed by atoms with Crippen molar-refractivity contribution in [3.63, 3.8) is 0 Å². The van der Waals surface area contributed by atoms with Crippen LogP contribution in [0.2, 0.25) is 5.02 Å². The Morgan fingerprint density at radius 1 is 1.35 bits per heavy atom. The predicted octanol–water partition coefficient (Wildman–Crippen LogP) is 2.14. The molecule has 0 aliphatic rings. The van der Waals surface area contributed by atoms with Crippen LogP contribution in [0.1, 0.15) is 26.7 Å². The van der Waals surface area contributed by atoms with Crippen LogP contribution >= 0.6 is 11.6 Å². The Labute approximate surface area is 125 Å². The monoisotopic (exact) mass is 320 g/mol. The molecule has 1 rings (SSSR count). The zero-order valence-corrected chi connectivity index (χ0v) is 13.5. The van der Waals surface area contributed by atoms with Crippen molar-refractivity contribution in [1.29, 1.82) is 0 Å². The van der Waals surface area contributed by atoms with Crippen LogP contribution in [0.5, 0.6) is 5.75 Å². The molecule has 0 bridgehead atoms. The van der Waals surface area contributed by atoms with E-state index in [9.17, 15) is 8.42 Å². The zero-order valence-electron chi connectivity index (χ0n) is 11.9. The Kier molecular flexibility index (Phi) is 5.82. The van der Waals surface area contributed by atoms with E-state index in [1.54, 1.807) is 0 Å². The first-order valence-electron chi connectivity index (χ1n) is 6.41. The van der Waals surface area contributed by atoms with Crippen LogP contribution in [0.3, 0.4) is 0 Å². The van der Waals surface area contributed by atoms with Crippen molar-refractivity contribution in [2.45, 2.75) is 37.1 Å².